The zero-order valence-electron chi connectivity index (χ0n) is 16.6. The van der Waals surface area contributed by atoms with Crippen LogP contribution in [-0.4, -0.2) is 42.1 Å². The molecule has 5 heteroatoms. The van der Waals surface area contributed by atoms with Gasteiger partial charge in [-0.25, -0.2) is 0 Å². The quantitative estimate of drug-likeness (QED) is 0.756. The summed E-state index contributed by atoms with van der Waals surface area (Å²) in [5, 5.41) is 3.52. The van der Waals surface area contributed by atoms with Gasteiger partial charge in [-0.15, -0.1) is 0 Å². The van der Waals surface area contributed by atoms with E-state index in [1.165, 1.54) is 5.57 Å². The van der Waals surface area contributed by atoms with Gasteiger partial charge in [0.25, 0.3) is 5.91 Å². The van der Waals surface area contributed by atoms with Crippen LogP contribution in [0.1, 0.15) is 57.8 Å². The van der Waals surface area contributed by atoms with E-state index in [1.54, 1.807) is 18.2 Å². The lowest BCUT2D eigenvalue weighted by molar-refractivity contribution is 0.0890. The lowest BCUT2D eigenvalue weighted by Crippen LogP contribution is -2.41. The van der Waals surface area contributed by atoms with Gasteiger partial charge in [-0.1, -0.05) is 23.3 Å². The highest BCUT2D eigenvalue weighted by molar-refractivity contribution is 6.31. The number of piperidine rings is 1. The molecule has 1 saturated heterocycles. The molecule has 4 nitrogen and oxygen atoms in total. The fraction of sp³-hybridized carbons (Fsp3) is 0.571. The summed E-state index contributed by atoms with van der Waals surface area (Å²) in [6.45, 7) is 13.1. The average Bonchev–Trinajstić information content (AvgIpc) is 2.54. The van der Waals surface area contributed by atoms with Gasteiger partial charge >= 0.3 is 0 Å². The minimum atomic E-state index is -0.313. The van der Waals surface area contributed by atoms with Gasteiger partial charge in [0.1, 0.15) is 11.9 Å². The smallest absolute Gasteiger partial charge is 0.255 e. The standard InChI is InChI=1S/C21H31ClN2O2/c1-15(2)8-11-24-12-9-17(10-13-24)26-19-7-6-16(22)14-18(19)20(25)23-21(3,4)5/h6-8,14,17H,9-13H2,1-5H3,(H,23,25). The molecular formula is C21H31ClN2O2. The molecule has 1 N–H and O–H groups in total. The molecule has 1 aliphatic rings. The molecule has 1 aromatic carbocycles. The van der Waals surface area contributed by atoms with E-state index in [0.29, 0.717) is 16.3 Å². The fourth-order valence-corrected chi connectivity index (χ4v) is 3.06. The highest BCUT2D eigenvalue weighted by Crippen LogP contribution is 2.27. The van der Waals surface area contributed by atoms with Crippen LogP contribution < -0.4 is 10.1 Å². The molecule has 26 heavy (non-hydrogen) atoms. The van der Waals surface area contributed by atoms with Crippen molar-refractivity contribution in [3.05, 3.63) is 40.4 Å². The minimum Gasteiger partial charge on any atom is -0.489 e. The fourth-order valence-electron chi connectivity index (χ4n) is 2.89. The van der Waals surface area contributed by atoms with Crippen LogP contribution in [-0.2, 0) is 0 Å². The molecule has 1 aliphatic heterocycles. The van der Waals surface area contributed by atoms with Gasteiger partial charge in [-0.2, -0.15) is 0 Å². The Labute approximate surface area is 162 Å². The summed E-state index contributed by atoms with van der Waals surface area (Å²) < 4.78 is 6.19. The molecule has 0 aliphatic carbocycles. The molecule has 1 aromatic rings. The van der Waals surface area contributed by atoms with Crippen LogP contribution in [0.2, 0.25) is 5.02 Å². The predicted octanol–water partition coefficient (Wildman–Crippen LogP) is 4.68. The van der Waals surface area contributed by atoms with Gasteiger partial charge < -0.3 is 10.1 Å². The molecule has 0 aromatic heterocycles. The van der Waals surface area contributed by atoms with Crippen molar-refractivity contribution in [3.63, 3.8) is 0 Å². The number of benzene rings is 1. The number of hydrogen-bond donors (Lipinski definition) is 1. The second-order valence-electron chi connectivity index (χ2n) is 8.24. The van der Waals surface area contributed by atoms with E-state index in [1.807, 2.05) is 20.8 Å². The first kappa shape index (κ1) is 20.8. The highest BCUT2D eigenvalue weighted by Gasteiger charge is 2.24. The highest BCUT2D eigenvalue weighted by atomic mass is 35.5. The van der Waals surface area contributed by atoms with Crippen molar-refractivity contribution in [2.45, 2.75) is 59.1 Å². The lowest BCUT2D eigenvalue weighted by Gasteiger charge is -2.32. The summed E-state index contributed by atoms with van der Waals surface area (Å²) in [7, 11) is 0. The zero-order valence-corrected chi connectivity index (χ0v) is 17.3. The van der Waals surface area contributed by atoms with Crippen molar-refractivity contribution in [2.75, 3.05) is 19.6 Å². The Morgan fingerprint density at radius 2 is 1.96 bits per heavy atom. The van der Waals surface area contributed by atoms with Gasteiger partial charge in [0.2, 0.25) is 0 Å². The summed E-state index contributed by atoms with van der Waals surface area (Å²) in [6, 6.07) is 5.26. The van der Waals surface area contributed by atoms with E-state index in [9.17, 15) is 4.79 Å². The zero-order chi connectivity index (χ0) is 19.3. The maximum atomic E-state index is 12.6. The average molecular weight is 379 g/mol. The molecule has 1 heterocycles. The second-order valence-corrected chi connectivity index (χ2v) is 8.68. The van der Waals surface area contributed by atoms with Crippen LogP contribution in [0, 0.1) is 0 Å². The molecule has 144 valence electrons. The maximum absolute atomic E-state index is 12.6. The van der Waals surface area contributed by atoms with Crippen molar-refractivity contribution in [3.8, 4) is 5.75 Å². The monoisotopic (exact) mass is 378 g/mol. The van der Waals surface area contributed by atoms with Gasteiger partial charge in [-0.05, 0) is 65.7 Å². The van der Waals surface area contributed by atoms with Gasteiger partial charge in [0.15, 0.2) is 0 Å². The Bertz CT molecular complexity index is 652. The topological polar surface area (TPSA) is 41.6 Å². The van der Waals surface area contributed by atoms with E-state index < -0.39 is 0 Å². The second kappa shape index (κ2) is 8.92. The molecule has 0 bridgehead atoms. The van der Waals surface area contributed by atoms with Crippen LogP contribution in [0.15, 0.2) is 29.8 Å². The minimum absolute atomic E-state index is 0.125. The molecule has 0 spiro atoms. The maximum Gasteiger partial charge on any atom is 0.255 e. The number of halogens is 1. The first-order chi connectivity index (χ1) is 12.1. The largest absolute Gasteiger partial charge is 0.489 e. The summed E-state index contributed by atoms with van der Waals surface area (Å²) in [5.41, 5.74) is 1.53. The van der Waals surface area contributed by atoms with Crippen LogP contribution in [0.3, 0.4) is 0 Å². The van der Waals surface area contributed by atoms with Crippen molar-refractivity contribution in [1.29, 1.82) is 0 Å². The number of nitrogens with zero attached hydrogens (tertiary/aromatic N) is 1. The third-order valence-electron chi connectivity index (χ3n) is 4.26. The third-order valence-corrected chi connectivity index (χ3v) is 4.50. The van der Waals surface area contributed by atoms with Gasteiger partial charge in [0.05, 0.1) is 5.56 Å². The van der Waals surface area contributed by atoms with Crippen molar-refractivity contribution < 1.29 is 9.53 Å². The normalized spacial score (nSPS) is 16.2. The molecule has 0 unspecified atom stereocenters. The SMILES string of the molecule is CC(C)=CCN1CCC(Oc2ccc(Cl)cc2C(=O)NC(C)(C)C)CC1. The van der Waals surface area contributed by atoms with E-state index in [0.717, 1.165) is 32.5 Å². The number of carbonyl (C=O) groups excluding carboxylic acids is 1. The molecule has 0 saturated carbocycles. The van der Waals surface area contributed by atoms with E-state index in [4.69, 9.17) is 16.3 Å². The summed E-state index contributed by atoms with van der Waals surface area (Å²) in [5.74, 6) is 0.454. The molecule has 1 fully saturated rings. The number of likely N-dealkylation sites (tertiary alicyclic amines) is 1. The number of amides is 1. The van der Waals surface area contributed by atoms with Gasteiger partial charge in [0, 0.05) is 30.2 Å². The van der Waals surface area contributed by atoms with Crippen molar-refractivity contribution in [1.82, 2.24) is 10.2 Å². The Morgan fingerprint density at radius 3 is 2.54 bits per heavy atom. The number of allylic oxidation sites excluding steroid dienone is 1. The van der Waals surface area contributed by atoms with E-state index in [2.05, 4.69) is 30.1 Å². The molecule has 0 radical (unpaired) electrons. The third kappa shape index (κ3) is 6.65. The van der Waals surface area contributed by atoms with Crippen LogP contribution in [0.5, 0.6) is 5.75 Å². The lowest BCUT2D eigenvalue weighted by atomic mass is 10.1. The summed E-state index contributed by atoms with van der Waals surface area (Å²) >= 11 is 6.11. The first-order valence-electron chi connectivity index (χ1n) is 9.28. The van der Waals surface area contributed by atoms with Crippen LogP contribution in [0.4, 0.5) is 0 Å². The number of carbonyl (C=O) groups is 1. The number of rotatable bonds is 5. The Balaban J connectivity index is 2.02. The number of ether oxygens (including phenoxy) is 1. The van der Waals surface area contributed by atoms with E-state index >= 15 is 0 Å². The van der Waals surface area contributed by atoms with Crippen LogP contribution >= 0.6 is 11.6 Å². The summed E-state index contributed by atoms with van der Waals surface area (Å²) in [4.78, 5) is 15.0. The molecule has 1 amide bonds. The molecule has 2 rings (SSSR count). The van der Waals surface area contributed by atoms with Gasteiger partial charge in [-0.3, -0.25) is 9.69 Å². The van der Waals surface area contributed by atoms with Crippen molar-refractivity contribution >= 4 is 17.5 Å². The summed E-state index contributed by atoms with van der Waals surface area (Å²) in [6.07, 6.45) is 4.30. The van der Waals surface area contributed by atoms with Crippen LogP contribution in [0.25, 0.3) is 0 Å². The Morgan fingerprint density at radius 1 is 1.31 bits per heavy atom. The number of hydrogen-bond acceptors (Lipinski definition) is 3. The predicted molar refractivity (Wildman–Crippen MR) is 108 cm³/mol. The first-order valence-corrected chi connectivity index (χ1v) is 9.66. The molecular weight excluding hydrogens is 348 g/mol. The van der Waals surface area contributed by atoms with Crippen molar-refractivity contribution in [2.24, 2.45) is 0 Å². The number of nitrogens with one attached hydrogen (secondary N) is 1. The Kier molecular flexibility index (Phi) is 7.13. The van der Waals surface area contributed by atoms with E-state index in [-0.39, 0.29) is 17.6 Å². The molecule has 0 atom stereocenters. The Hall–Kier alpha value is -1.52.